The van der Waals surface area contributed by atoms with Gasteiger partial charge in [-0.05, 0) is 20.3 Å². The van der Waals surface area contributed by atoms with Gasteiger partial charge in [0.05, 0.1) is 0 Å². The number of ether oxygens (including phenoxy) is 2. The predicted molar refractivity (Wildman–Crippen MR) is 49.8 cm³/mol. The minimum Gasteiger partial charge on any atom is -0.449 e. The molecule has 2 unspecified atom stereocenters. The Bertz CT molecular complexity index is 267. The highest BCUT2D eigenvalue weighted by molar-refractivity contribution is 5.93. The maximum Gasteiger partial charge on any atom is 0.339 e. The molecule has 0 amide bonds. The standard InChI is InChI=1S/C10H16O4/c1-5-10(13-4)6-9(3,7(2)11)14-8(10)12/h5-6H2,1-4H3. The van der Waals surface area contributed by atoms with Crippen molar-refractivity contribution in [3.63, 3.8) is 0 Å². The summed E-state index contributed by atoms with van der Waals surface area (Å²) >= 11 is 0. The molecule has 1 aliphatic rings. The van der Waals surface area contributed by atoms with Crippen LogP contribution < -0.4 is 0 Å². The van der Waals surface area contributed by atoms with E-state index in [1.807, 2.05) is 6.92 Å². The zero-order valence-electron chi connectivity index (χ0n) is 9.05. The fourth-order valence-corrected chi connectivity index (χ4v) is 1.72. The van der Waals surface area contributed by atoms with Crippen molar-refractivity contribution in [3.05, 3.63) is 0 Å². The number of Topliss-reactive ketones (excluding diaryl/α,β-unsaturated/α-hetero) is 1. The van der Waals surface area contributed by atoms with Gasteiger partial charge in [-0.1, -0.05) is 6.92 Å². The number of cyclic esters (lactones) is 1. The number of ketones is 1. The Kier molecular flexibility index (Phi) is 2.67. The Morgan fingerprint density at radius 1 is 1.64 bits per heavy atom. The van der Waals surface area contributed by atoms with E-state index in [0.29, 0.717) is 12.8 Å². The molecule has 1 saturated heterocycles. The normalized spacial score (nSPS) is 37.0. The van der Waals surface area contributed by atoms with Crippen molar-refractivity contribution >= 4 is 11.8 Å². The first kappa shape index (κ1) is 11.2. The van der Waals surface area contributed by atoms with E-state index >= 15 is 0 Å². The average molecular weight is 200 g/mol. The Morgan fingerprint density at radius 3 is 2.43 bits per heavy atom. The van der Waals surface area contributed by atoms with Crippen molar-refractivity contribution in [2.75, 3.05) is 7.11 Å². The summed E-state index contributed by atoms with van der Waals surface area (Å²) in [4.78, 5) is 22.9. The monoisotopic (exact) mass is 200 g/mol. The van der Waals surface area contributed by atoms with Gasteiger partial charge in [0.25, 0.3) is 0 Å². The highest BCUT2D eigenvalue weighted by atomic mass is 16.6. The summed E-state index contributed by atoms with van der Waals surface area (Å²) < 4.78 is 10.3. The van der Waals surface area contributed by atoms with Crippen LogP contribution >= 0.6 is 0 Å². The van der Waals surface area contributed by atoms with E-state index < -0.39 is 17.2 Å². The van der Waals surface area contributed by atoms with Crippen LogP contribution in [0.1, 0.15) is 33.6 Å². The molecule has 1 fully saturated rings. The van der Waals surface area contributed by atoms with Crippen LogP contribution in [-0.4, -0.2) is 30.1 Å². The Balaban J connectivity index is 2.98. The number of carbonyl (C=O) groups is 2. The van der Waals surface area contributed by atoms with Crippen LogP contribution in [0.3, 0.4) is 0 Å². The molecule has 1 aliphatic heterocycles. The van der Waals surface area contributed by atoms with Gasteiger partial charge in [0.15, 0.2) is 17.0 Å². The van der Waals surface area contributed by atoms with Gasteiger partial charge in [-0.2, -0.15) is 0 Å². The number of methoxy groups -OCH3 is 1. The third-order valence-electron chi connectivity index (χ3n) is 3.02. The molecule has 1 heterocycles. The van der Waals surface area contributed by atoms with E-state index in [2.05, 4.69) is 0 Å². The van der Waals surface area contributed by atoms with Crippen LogP contribution in [0.15, 0.2) is 0 Å². The molecular weight excluding hydrogens is 184 g/mol. The summed E-state index contributed by atoms with van der Waals surface area (Å²) in [5, 5.41) is 0. The van der Waals surface area contributed by atoms with Crippen LogP contribution in [0, 0.1) is 0 Å². The smallest absolute Gasteiger partial charge is 0.339 e. The minimum absolute atomic E-state index is 0.141. The lowest BCUT2D eigenvalue weighted by molar-refractivity contribution is -0.163. The van der Waals surface area contributed by atoms with Gasteiger partial charge in [0.2, 0.25) is 0 Å². The second kappa shape index (κ2) is 3.35. The molecular formula is C10H16O4. The Hall–Kier alpha value is -0.900. The molecule has 0 aromatic rings. The second-order valence-corrected chi connectivity index (χ2v) is 3.91. The van der Waals surface area contributed by atoms with E-state index in [9.17, 15) is 9.59 Å². The SMILES string of the molecule is CCC1(OC)CC(C)(C(C)=O)OC1=O. The minimum atomic E-state index is -1.01. The molecule has 80 valence electrons. The lowest BCUT2D eigenvalue weighted by Gasteiger charge is -2.22. The number of carbonyl (C=O) groups excluding carboxylic acids is 2. The van der Waals surface area contributed by atoms with Crippen molar-refractivity contribution in [1.82, 2.24) is 0 Å². The number of hydrogen-bond acceptors (Lipinski definition) is 4. The van der Waals surface area contributed by atoms with Crippen LogP contribution in [-0.2, 0) is 19.1 Å². The second-order valence-electron chi connectivity index (χ2n) is 3.91. The van der Waals surface area contributed by atoms with E-state index in [1.165, 1.54) is 14.0 Å². The molecule has 0 aliphatic carbocycles. The largest absolute Gasteiger partial charge is 0.449 e. The molecule has 4 heteroatoms. The molecule has 0 radical (unpaired) electrons. The summed E-state index contributed by atoms with van der Waals surface area (Å²) in [5.41, 5.74) is -1.94. The highest BCUT2D eigenvalue weighted by Crippen LogP contribution is 2.38. The third kappa shape index (κ3) is 1.43. The van der Waals surface area contributed by atoms with E-state index in [-0.39, 0.29) is 5.78 Å². The quantitative estimate of drug-likeness (QED) is 0.639. The third-order valence-corrected chi connectivity index (χ3v) is 3.02. The summed E-state index contributed by atoms with van der Waals surface area (Å²) in [7, 11) is 1.47. The average Bonchev–Trinajstić information content (AvgIpc) is 2.40. The Labute approximate surface area is 83.6 Å². The number of esters is 1. The number of rotatable bonds is 3. The molecule has 0 bridgehead atoms. The van der Waals surface area contributed by atoms with Crippen LogP contribution in [0.25, 0.3) is 0 Å². The molecule has 0 saturated carbocycles. The Morgan fingerprint density at radius 2 is 2.21 bits per heavy atom. The van der Waals surface area contributed by atoms with Crippen molar-refractivity contribution in [2.24, 2.45) is 0 Å². The summed E-state index contributed by atoms with van der Waals surface area (Å²) in [6, 6.07) is 0. The van der Waals surface area contributed by atoms with Gasteiger partial charge in [-0.3, -0.25) is 4.79 Å². The van der Waals surface area contributed by atoms with E-state index in [1.54, 1.807) is 6.92 Å². The van der Waals surface area contributed by atoms with E-state index in [0.717, 1.165) is 0 Å². The van der Waals surface area contributed by atoms with Crippen molar-refractivity contribution in [2.45, 2.75) is 44.8 Å². The first-order valence-electron chi connectivity index (χ1n) is 4.70. The van der Waals surface area contributed by atoms with Crippen molar-refractivity contribution in [3.8, 4) is 0 Å². The van der Waals surface area contributed by atoms with Gasteiger partial charge < -0.3 is 9.47 Å². The molecule has 1 rings (SSSR count). The van der Waals surface area contributed by atoms with Gasteiger partial charge in [-0.25, -0.2) is 4.79 Å². The van der Waals surface area contributed by atoms with Gasteiger partial charge in [0.1, 0.15) is 0 Å². The molecule has 0 spiro atoms. The molecule has 0 aromatic heterocycles. The fourth-order valence-electron chi connectivity index (χ4n) is 1.72. The maximum atomic E-state index is 11.6. The van der Waals surface area contributed by atoms with Crippen molar-refractivity contribution in [1.29, 1.82) is 0 Å². The molecule has 4 nitrogen and oxygen atoms in total. The van der Waals surface area contributed by atoms with Crippen molar-refractivity contribution < 1.29 is 19.1 Å². The summed E-state index contributed by atoms with van der Waals surface area (Å²) in [6.45, 7) is 4.90. The summed E-state index contributed by atoms with van der Waals surface area (Å²) in [5.74, 6) is -0.571. The topological polar surface area (TPSA) is 52.6 Å². The van der Waals surface area contributed by atoms with E-state index in [4.69, 9.17) is 9.47 Å². The van der Waals surface area contributed by atoms with Crippen LogP contribution in [0.4, 0.5) is 0 Å². The summed E-state index contributed by atoms with van der Waals surface area (Å²) in [6.07, 6.45) is 0.826. The first-order chi connectivity index (χ1) is 6.40. The molecule has 2 atom stereocenters. The molecule has 0 aromatic carbocycles. The number of hydrogen-bond donors (Lipinski definition) is 0. The zero-order valence-corrected chi connectivity index (χ0v) is 9.05. The first-order valence-corrected chi connectivity index (χ1v) is 4.70. The lowest BCUT2D eigenvalue weighted by Crippen LogP contribution is -2.37. The highest BCUT2D eigenvalue weighted by Gasteiger charge is 2.56. The molecule has 0 N–H and O–H groups in total. The maximum absolute atomic E-state index is 11.6. The van der Waals surface area contributed by atoms with Gasteiger partial charge >= 0.3 is 5.97 Å². The van der Waals surface area contributed by atoms with Gasteiger partial charge in [-0.15, -0.1) is 0 Å². The predicted octanol–water partition coefficient (Wildman–Crippen LogP) is 1.08. The lowest BCUT2D eigenvalue weighted by atomic mass is 9.87. The fraction of sp³-hybridized carbons (Fsp3) is 0.800. The zero-order chi connectivity index (χ0) is 11.0. The van der Waals surface area contributed by atoms with Gasteiger partial charge in [0, 0.05) is 13.5 Å². The van der Waals surface area contributed by atoms with Crippen LogP contribution in [0.2, 0.25) is 0 Å². The molecule has 14 heavy (non-hydrogen) atoms. The van der Waals surface area contributed by atoms with Crippen LogP contribution in [0.5, 0.6) is 0 Å².